The molecular formula is C2H7N2O2+. The summed E-state index contributed by atoms with van der Waals surface area (Å²) in [7, 11) is 2.86. The maximum absolute atomic E-state index is 9.41. The molecule has 0 aromatic carbocycles. The summed E-state index contributed by atoms with van der Waals surface area (Å²) >= 11 is 0. The third-order valence-electron chi connectivity index (χ3n) is 0.402. The molecule has 0 saturated carbocycles. The lowest BCUT2D eigenvalue weighted by molar-refractivity contribution is -0.733. The third-order valence-corrected chi connectivity index (χ3v) is 0.402. The summed E-state index contributed by atoms with van der Waals surface area (Å²) in [6.07, 6.45) is 0. The number of hydrazine groups is 1. The van der Waals surface area contributed by atoms with E-state index < -0.39 is 0 Å². The summed E-state index contributed by atoms with van der Waals surface area (Å²) in [4.78, 5) is 13.7. The molecule has 0 bridgehead atoms. The second-order valence-electron chi connectivity index (χ2n) is 0.771. The predicted molar refractivity (Wildman–Crippen MR) is 19.1 cm³/mol. The average molecular weight is 91.1 g/mol. The number of hydroxylamine groups is 1. The van der Waals surface area contributed by atoms with Gasteiger partial charge in [-0.2, -0.15) is 0 Å². The predicted octanol–water partition coefficient (Wildman–Crippen LogP) is -1.76. The van der Waals surface area contributed by atoms with Gasteiger partial charge in [-0.3, -0.25) is 0 Å². The van der Waals surface area contributed by atoms with E-state index in [4.69, 9.17) is 0 Å². The monoisotopic (exact) mass is 91.1 g/mol. The fourth-order valence-corrected chi connectivity index (χ4v) is 0.0373. The van der Waals surface area contributed by atoms with Crippen molar-refractivity contribution in [3.05, 3.63) is 4.91 Å². The lowest BCUT2D eigenvalue weighted by Gasteiger charge is -1.91. The van der Waals surface area contributed by atoms with Crippen molar-refractivity contribution in [1.29, 1.82) is 0 Å². The lowest BCUT2D eigenvalue weighted by Crippen LogP contribution is -2.75. The first-order valence-electron chi connectivity index (χ1n) is 1.47. The van der Waals surface area contributed by atoms with Gasteiger partial charge < -0.3 is 0 Å². The molecule has 1 N–H and O–H groups in total. The van der Waals surface area contributed by atoms with Crippen LogP contribution in [0.3, 0.4) is 0 Å². The largest absolute Gasteiger partial charge is 0.226 e. The van der Waals surface area contributed by atoms with E-state index in [0.717, 1.165) is 5.17 Å². The molecule has 0 rings (SSSR count). The molecule has 0 aliphatic rings. The molecule has 0 spiro atoms. The molecule has 0 fully saturated rings. The van der Waals surface area contributed by atoms with Crippen molar-refractivity contribution >= 4 is 0 Å². The van der Waals surface area contributed by atoms with Crippen molar-refractivity contribution < 1.29 is 10.1 Å². The van der Waals surface area contributed by atoms with Gasteiger partial charge in [0.25, 0.3) is 0 Å². The van der Waals surface area contributed by atoms with Crippen LogP contribution in [0.1, 0.15) is 0 Å². The average Bonchev–Trinajstić information content (AvgIpc) is 1.65. The standard InChI is InChI=1S/C2H6N2O2/c1-4(3-5)6-2/h1-2H3/p+1. The van der Waals surface area contributed by atoms with Gasteiger partial charge in [-0.1, -0.05) is 0 Å². The van der Waals surface area contributed by atoms with E-state index in [1.54, 1.807) is 0 Å². The second-order valence-corrected chi connectivity index (χ2v) is 0.771. The Morgan fingerprint density at radius 3 is 2.33 bits per heavy atom. The van der Waals surface area contributed by atoms with Crippen molar-refractivity contribution in [2.24, 2.45) is 0 Å². The van der Waals surface area contributed by atoms with Gasteiger partial charge in [-0.15, -0.1) is 0 Å². The molecule has 0 aliphatic carbocycles. The minimum Gasteiger partial charge on any atom is -0.226 e. The van der Waals surface area contributed by atoms with Gasteiger partial charge in [-0.25, -0.2) is 4.84 Å². The molecule has 6 heavy (non-hydrogen) atoms. The zero-order valence-corrected chi connectivity index (χ0v) is 3.76. The van der Waals surface area contributed by atoms with Crippen LogP contribution in [0.4, 0.5) is 0 Å². The minimum absolute atomic E-state index is 0.944. The van der Waals surface area contributed by atoms with Crippen LogP contribution in [0.5, 0.6) is 0 Å². The van der Waals surface area contributed by atoms with Crippen molar-refractivity contribution in [3.8, 4) is 0 Å². The Kier molecular flexibility index (Phi) is 2.31. The summed E-state index contributed by atoms with van der Waals surface area (Å²) in [6.45, 7) is 0. The van der Waals surface area contributed by atoms with Gasteiger partial charge in [0.15, 0.2) is 0 Å². The molecule has 0 unspecified atom stereocenters. The van der Waals surface area contributed by atoms with Crippen LogP contribution in [-0.2, 0) is 4.84 Å². The van der Waals surface area contributed by atoms with Crippen molar-refractivity contribution in [2.75, 3.05) is 14.2 Å². The number of rotatable bonds is 2. The van der Waals surface area contributed by atoms with E-state index >= 15 is 0 Å². The molecule has 4 heteroatoms. The Morgan fingerprint density at radius 2 is 2.33 bits per heavy atom. The normalized spacial score (nSPS) is 7.67. The summed E-state index contributed by atoms with van der Waals surface area (Å²) in [5.74, 6) is 0. The summed E-state index contributed by atoms with van der Waals surface area (Å²) in [5.41, 5.74) is 0. The van der Waals surface area contributed by atoms with E-state index in [1.165, 1.54) is 19.4 Å². The van der Waals surface area contributed by atoms with E-state index in [1.807, 2.05) is 0 Å². The highest BCUT2D eigenvalue weighted by atomic mass is 16.7. The van der Waals surface area contributed by atoms with Crippen LogP contribution in [0.15, 0.2) is 0 Å². The molecule has 0 amide bonds. The van der Waals surface area contributed by atoms with E-state index in [9.17, 15) is 4.91 Å². The smallest absolute Gasteiger partial charge is 0.128 e. The quantitative estimate of drug-likeness (QED) is 0.409. The molecule has 0 atom stereocenters. The first-order valence-corrected chi connectivity index (χ1v) is 1.47. The number of nitrogens with one attached hydrogen (secondary N) is 1. The summed E-state index contributed by atoms with van der Waals surface area (Å²) in [6, 6.07) is 0. The molecule has 0 heterocycles. The molecule has 0 radical (unpaired) electrons. The Balaban J connectivity index is 2.96. The molecule has 0 saturated heterocycles. The van der Waals surface area contributed by atoms with Crippen LogP contribution in [0, 0.1) is 4.91 Å². The van der Waals surface area contributed by atoms with Gasteiger partial charge in [-0.05, 0) is 5.17 Å². The van der Waals surface area contributed by atoms with Gasteiger partial charge in [0.05, 0.1) is 19.1 Å². The topological polar surface area (TPSA) is 43.5 Å². The highest BCUT2D eigenvalue weighted by molar-refractivity contribution is 3.78. The summed E-state index contributed by atoms with van der Waals surface area (Å²) in [5, 5.41) is 2.42. The van der Waals surface area contributed by atoms with Crippen LogP contribution in [-0.4, -0.2) is 19.3 Å². The molecule has 36 valence electrons. The zero-order chi connectivity index (χ0) is 4.99. The maximum atomic E-state index is 9.41. The first kappa shape index (κ1) is 5.36. The fraction of sp³-hybridized carbons (Fsp3) is 1.00. The van der Waals surface area contributed by atoms with Gasteiger partial charge in [0.2, 0.25) is 0 Å². The molecular weight excluding hydrogens is 84.0 g/mol. The van der Waals surface area contributed by atoms with E-state index in [2.05, 4.69) is 4.84 Å². The molecule has 0 aromatic heterocycles. The van der Waals surface area contributed by atoms with E-state index in [-0.39, 0.29) is 0 Å². The van der Waals surface area contributed by atoms with Crippen LogP contribution in [0.2, 0.25) is 0 Å². The maximum Gasteiger partial charge on any atom is 0.128 e. The summed E-state index contributed by atoms with van der Waals surface area (Å²) < 4.78 is 0. The van der Waals surface area contributed by atoms with Crippen LogP contribution >= 0.6 is 0 Å². The number of hydrogen-bond donors (Lipinski definition) is 1. The fourth-order valence-electron chi connectivity index (χ4n) is 0.0373. The van der Waals surface area contributed by atoms with Crippen LogP contribution < -0.4 is 5.29 Å². The highest BCUT2D eigenvalue weighted by Crippen LogP contribution is 1.54. The van der Waals surface area contributed by atoms with Gasteiger partial charge >= 0.3 is 0 Å². The molecule has 0 aromatic rings. The van der Waals surface area contributed by atoms with Crippen molar-refractivity contribution in [1.82, 2.24) is 5.17 Å². The lowest BCUT2D eigenvalue weighted by atomic mass is 11.5. The Labute approximate surface area is 35.6 Å². The van der Waals surface area contributed by atoms with Gasteiger partial charge in [0.1, 0.15) is 5.29 Å². The highest BCUT2D eigenvalue weighted by Gasteiger charge is 1.88. The van der Waals surface area contributed by atoms with Crippen molar-refractivity contribution in [3.63, 3.8) is 0 Å². The second kappa shape index (κ2) is 2.59. The van der Waals surface area contributed by atoms with E-state index in [0.29, 0.717) is 0 Å². The third kappa shape index (κ3) is 1.66. The van der Waals surface area contributed by atoms with Crippen LogP contribution in [0.25, 0.3) is 0 Å². The SMILES string of the molecule is CON(C)[NH+]=O. The molecule has 4 nitrogen and oxygen atoms in total. The zero-order valence-electron chi connectivity index (χ0n) is 3.76. The Hall–Kier alpha value is -0.640. The van der Waals surface area contributed by atoms with Gasteiger partial charge in [0, 0.05) is 0 Å². The number of hydrogen-bond acceptors (Lipinski definition) is 2. The first-order chi connectivity index (χ1) is 2.81. The Bertz CT molecular complexity index is 46.8. The number of nitroso groups, excluding NO2 is 1. The molecule has 0 aliphatic heterocycles. The van der Waals surface area contributed by atoms with Crippen molar-refractivity contribution in [2.45, 2.75) is 0 Å². The minimum atomic E-state index is 0.944. The number of nitrogens with zero attached hydrogens (tertiary/aromatic N) is 1. The Morgan fingerprint density at radius 1 is 1.83 bits per heavy atom.